The fourth-order valence-corrected chi connectivity index (χ4v) is 2.27. The van der Waals surface area contributed by atoms with Crippen molar-refractivity contribution in [3.63, 3.8) is 0 Å². The predicted molar refractivity (Wildman–Crippen MR) is 79.2 cm³/mol. The number of carbonyl (C=O) groups excluding carboxylic acids is 1. The number of carbonyl (C=O) groups is 1. The van der Waals surface area contributed by atoms with Crippen LogP contribution in [0.1, 0.15) is 6.92 Å². The zero-order valence-corrected chi connectivity index (χ0v) is 12.0. The van der Waals surface area contributed by atoms with Gasteiger partial charge in [-0.05, 0) is 19.1 Å². The first-order valence-corrected chi connectivity index (χ1v) is 7.02. The normalized spacial score (nSPS) is 16.2. The number of rotatable bonds is 5. The first kappa shape index (κ1) is 13.8. The average molecular weight is 286 g/mol. The van der Waals surface area contributed by atoms with Gasteiger partial charge in [-0.25, -0.2) is 0 Å². The molecule has 110 valence electrons. The summed E-state index contributed by atoms with van der Waals surface area (Å²) in [5, 5.41) is 3.92. The SMILES string of the molecule is CC1(C(=O)NCCOc2cccc3cccnc23)COC1. The van der Waals surface area contributed by atoms with Gasteiger partial charge in [0.2, 0.25) is 5.91 Å². The molecule has 1 aromatic heterocycles. The van der Waals surface area contributed by atoms with E-state index in [4.69, 9.17) is 9.47 Å². The van der Waals surface area contributed by atoms with E-state index in [1.165, 1.54) is 0 Å². The van der Waals surface area contributed by atoms with Crippen LogP contribution in [0.4, 0.5) is 0 Å². The van der Waals surface area contributed by atoms with E-state index in [0.29, 0.717) is 26.4 Å². The second-order valence-electron chi connectivity index (χ2n) is 5.49. The average Bonchev–Trinajstić information content (AvgIpc) is 2.49. The molecule has 3 rings (SSSR count). The second-order valence-corrected chi connectivity index (χ2v) is 5.49. The van der Waals surface area contributed by atoms with Crippen molar-refractivity contribution in [3.05, 3.63) is 36.5 Å². The zero-order chi connectivity index (χ0) is 14.7. The number of hydrogen-bond acceptors (Lipinski definition) is 4. The number of hydrogen-bond donors (Lipinski definition) is 1. The molecule has 0 spiro atoms. The Morgan fingerprint density at radius 2 is 2.19 bits per heavy atom. The van der Waals surface area contributed by atoms with Crippen molar-refractivity contribution in [2.75, 3.05) is 26.4 Å². The molecule has 0 atom stereocenters. The minimum Gasteiger partial charge on any atom is -0.489 e. The number of benzene rings is 1. The molecule has 5 nitrogen and oxygen atoms in total. The Morgan fingerprint density at radius 1 is 1.38 bits per heavy atom. The van der Waals surface area contributed by atoms with Crippen LogP contribution >= 0.6 is 0 Å². The quantitative estimate of drug-likeness (QED) is 0.851. The van der Waals surface area contributed by atoms with Gasteiger partial charge in [0.05, 0.1) is 25.2 Å². The number of ether oxygens (including phenoxy) is 2. The van der Waals surface area contributed by atoms with Crippen molar-refractivity contribution in [2.45, 2.75) is 6.92 Å². The van der Waals surface area contributed by atoms with Gasteiger partial charge in [0.25, 0.3) is 0 Å². The topological polar surface area (TPSA) is 60.5 Å². The summed E-state index contributed by atoms with van der Waals surface area (Å²) in [4.78, 5) is 16.2. The van der Waals surface area contributed by atoms with Crippen LogP contribution in [0.25, 0.3) is 10.9 Å². The molecule has 1 aliphatic rings. The summed E-state index contributed by atoms with van der Waals surface area (Å²) in [6.07, 6.45) is 1.74. The Bertz CT molecular complexity index is 648. The van der Waals surface area contributed by atoms with Crippen LogP contribution in [0.3, 0.4) is 0 Å². The molecule has 0 radical (unpaired) electrons. The molecule has 2 heterocycles. The number of nitrogens with zero attached hydrogens (tertiary/aromatic N) is 1. The van der Waals surface area contributed by atoms with E-state index in [-0.39, 0.29) is 11.3 Å². The third kappa shape index (κ3) is 2.83. The van der Waals surface area contributed by atoms with Crippen LogP contribution in [0.5, 0.6) is 5.75 Å². The van der Waals surface area contributed by atoms with Crippen molar-refractivity contribution in [1.29, 1.82) is 0 Å². The molecular formula is C16H18N2O3. The highest BCUT2D eigenvalue weighted by Gasteiger charge is 2.40. The molecule has 0 aliphatic carbocycles. The van der Waals surface area contributed by atoms with E-state index in [0.717, 1.165) is 16.7 Å². The van der Waals surface area contributed by atoms with E-state index in [9.17, 15) is 4.79 Å². The molecule has 1 aromatic carbocycles. The Balaban J connectivity index is 1.54. The summed E-state index contributed by atoms with van der Waals surface area (Å²) in [7, 11) is 0. The van der Waals surface area contributed by atoms with E-state index >= 15 is 0 Å². The van der Waals surface area contributed by atoms with Gasteiger partial charge in [0.15, 0.2) is 0 Å². The molecule has 0 unspecified atom stereocenters. The van der Waals surface area contributed by atoms with Gasteiger partial charge in [0, 0.05) is 11.6 Å². The van der Waals surface area contributed by atoms with Gasteiger partial charge >= 0.3 is 0 Å². The Labute approximate surface area is 123 Å². The smallest absolute Gasteiger partial charge is 0.230 e. The van der Waals surface area contributed by atoms with Crippen LogP contribution in [-0.2, 0) is 9.53 Å². The van der Waals surface area contributed by atoms with Gasteiger partial charge in [-0.1, -0.05) is 18.2 Å². The standard InChI is InChI=1S/C16H18N2O3/c1-16(10-20-11-16)15(19)18-8-9-21-13-6-2-4-12-5-3-7-17-14(12)13/h2-7H,8-11H2,1H3,(H,18,19). The van der Waals surface area contributed by atoms with E-state index in [1.807, 2.05) is 37.3 Å². The lowest BCUT2D eigenvalue weighted by Gasteiger charge is -2.36. The van der Waals surface area contributed by atoms with Crippen molar-refractivity contribution in [1.82, 2.24) is 10.3 Å². The fourth-order valence-electron chi connectivity index (χ4n) is 2.27. The number of para-hydroxylation sites is 1. The first-order chi connectivity index (χ1) is 10.2. The lowest BCUT2D eigenvalue weighted by molar-refractivity contribution is -0.157. The molecule has 1 aliphatic heterocycles. The summed E-state index contributed by atoms with van der Waals surface area (Å²) in [6.45, 7) is 3.77. The maximum absolute atomic E-state index is 11.9. The second kappa shape index (κ2) is 5.69. The molecule has 1 N–H and O–H groups in total. The summed E-state index contributed by atoms with van der Waals surface area (Å²) >= 11 is 0. The summed E-state index contributed by atoms with van der Waals surface area (Å²) in [5.41, 5.74) is 0.465. The lowest BCUT2D eigenvalue weighted by atomic mass is 9.88. The predicted octanol–water partition coefficient (Wildman–Crippen LogP) is 1.77. The summed E-state index contributed by atoms with van der Waals surface area (Å²) in [5.74, 6) is 0.758. The largest absolute Gasteiger partial charge is 0.489 e. The number of aromatic nitrogens is 1. The van der Waals surface area contributed by atoms with Crippen LogP contribution in [0.2, 0.25) is 0 Å². The van der Waals surface area contributed by atoms with Crippen LogP contribution in [-0.4, -0.2) is 37.3 Å². The fraction of sp³-hybridized carbons (Fsp3) is 0.375. The van der Waals surface area contributed by atoms with Gasteiger partial charge in [-0.3, -0.25) is 9.78 Å². The lowest BCUT2D eigenvalue weighted by Crippen LogP contribution is -2.52. The van der Waals surface area contributed by atoms with Gasteiger partial charge in [0.1, 0.15) is 17.9 Å². The molecule has 5 heteroatoms. The van der Waals surface area contributed by atoms with Crippen molar-refractivity contribution in [3.8, 4) is 5.75 Å². The van der Waals surface area contributed by atoms with E-state index in [1.54, 1.807) is 6.20 Å². The molecule has 2 aromatic rings. The van der Waals surface area contributed by atoms with Crippen LogP contribution < -0.4 is 10.1 Å². The van der Waals surface area contributed by atoms with Crippen molar-refractivity contribution in [2.24, 2.45) is 5.41 Å². The minimum absolute atomic E-state index is 0.0217. The Kier molecular flexibility index (Phi) is 3.75. The highest BCUT2D eigenvalue weighted by atomic mass is 16.5. The van der Waals surface area contributed by atoms with Crippen molar-refractivity contribution >= 4 is 16.8 Å². The maximum atomic E-state index is 11.9. The van der Waals surface area contributed by atoms with Gasteiger partial charge < -0.3 is 14.8 Å². The summed E-state index contributed by atoms with van der Waals surface area (Å²) < 4.78 is 10.8. The highest BCUT2D eigenvalue weighted by Crippen LogP contribution is 2.26. The molecule has 0 saturated carbocycles. The number of nitrogens with one attached hydrogen (secondary N) is 1. The number of fused-ring (bicyclic) bond motifs is 1. The molecule has 21 heavy (non-hydrogen) atoms. The highest BCUT2D eigenvalue weighted by molar-refractivity contribution is 5.84. The first-order valence-electron chi connectivity index (χ1n) is 7.02. The zero-order valence-electron chi connectivity index (χ0n) is 12.0. The third-order valence-corrected chi connectivity index (χ3v) is 3.63. The number of amides is 1. The van der Waals surface area contributed by atoms with Gasteiger partial charge in [-0.2, -0.15) is 0 Å². The van der Waals surface area contributed by atoms with E-state index < -0.39 is 0 Å². The number of pyridine rings is 1. The molecule has 1 fully saturated rings. The van der Waals surface area contributed by atoms with Crippen molar-refractivity contribution < 1.29 is 14.3 Å². The molecule has 1 saturated heterocycles. The Morgan fingerprint density at radius 3 is 2.95 bits per heavy atom. The minimum atomic E-state index is -0.374. The maximum Gasteiger partial charge on any atom is 0.230 e. The molecule has 1 amide bonds. The van der Waals surface area contributed by atoms with Crippen LogP contribution in [0, 0.1) is 5.41 Å². The van der Waals surface area contributed by atoms with E-state index in [2.05, 4.69) is 10.3 Å². The monoisotopic (exact) mass is 286 g/mol. The Hall–Kier alpha value is -2.14. The van der Waals surface area contributed by atoms with Gasteiger partial charge in [-0.15, -0.1) is 0 Å². The molecular weight excluding hydrogens is 268 g/mol. The third-order valence-electron chi connectivity index (χ3n) is 3.63. The summed E-state index contributed by atoms with van der Waals surface area (Å²) in [6, 6.07) is 9.71. The molecule has 0 bridgehead atoms. The van der Waals surface area contributed by atoms with Crippen LogP contribution in [0.15, 0.2) is 36.5 Å².